The number of carbonyl (C=O) groups is 2. The molecule has 1 atom stereocenters. The van der Waals surface area contributed by atoms with Crippen molar-refractivity contribution >= 4 is 34.0 Å². The van der Waals surface area contributed by atoms with Crippen LogP contribution in [0.25, 0.3) is 16.2 Å². The van der Waals surface area contributed by atoms with E-state index in [0.717, 1.165) is 10.4 Å². The first-order valence-electron chi connectivity index (χ1n) is 11.2. The third-order valence-corrected chi connectivity index (χ3v) is 7.20. The molecule has 2 aliphatic rings. The predicted octanol–water partition coefficient (Wildman–Crippen LogP) is 3.02. The maximum absolute atomic E-state index is 13.4. The largest absolute Gasteiger partial charge is 0.453 e. The first kappa shape index (κ1) is 21.6. The van der Waals surface area contributed by atoms with Gasteiger partial charge in [0.05, 0.1) is 18.9 Å². The van der Waals surface area contributed by atoms with Gasteiger partial charge >= 0.3 is 6.09 Å². The van der Waals surface area contributed by atoms with Gasteiger partial charge in [0.2, 0.25) is 0 Å². The molecule has 0 radical (unpaired) electrons. The molecule has 1 saturated heterocycles. The molecule has 3 aromatic heterocycles. The number of piperidine rings is 1. The van der Waals surface area contributed by atoms with Crippen LogP contribution in [-0.2, 0) is 4.74 Å². The SMILES string of the molecule is COC(=O)NC1CCN(C(=O)c2cc(N[C@@H](C)C3CC3)nc(-c3cnn4ccsc34)n2)CC1. The van der Waals surface area contributed by atoms with E-state index < -0.39 is 6.09 Å². The number of amides is 2. The standard InChI is InChI=1S/C22H27N7O3S/c1-13(14-3-4-14)24-18-11-17(20(30)28-7-5-15(6-8-28)25-22(31)32-2)26-19(27-18)16-12-23-29-9-10-33-21(16)29/h9-15H,3-8H2,1-2H3,(H,25,31)(H,24,26,27)/t13-/m0/s1. The van der Waals surface area contributed by atoms with E-state index in [0.29, 0.717) is 49.2 Å². The molecule has 3 aromatic rings. The summed E-state index contributed by atoms with van der Waals surface area (Å²) in [5.41, 5.74) is 1.17. The second-order valence-electron chi connectivity index (χ2n) is 8.65. The minimum Gasteiger partial charge on any atom is -0.453 e. The van der Waals surface area contributed by atoms with Gasteiger partial charge in [0, 0.05) is 42.8 Å². The molecule has 0 unspecified atom stereocenters. The maximum atomic E-state index is 13.4. The molecule has 4 heterocycles. The molecule has 1 aliphatic heterocycles. The number of ether oxygens (including phenoxy) is 1. The zero-order valence-corrected chi connectivity index (χ0v) is 19.5. The predicted molar refractivity (Wildman–Crippen MR) is 124 cm³/mol. The molecule has 2 fully saturated rings. The van der Waals surface area contributed by atoms with Crippen molar-refractivity contribution in [1.29, 1.82) is 0 Å². The lowest BCUT2D eigenvalue weighted by molar-refractivity contribution is 0.0698. The van der Waals surface area contributed by atoms with Gasteiger partial charge in [-0.2, -0.15) is 5.10 Å². The Kier molecular flexibility index (Phi) is 5.88. The number of rotatable bonds is 6. The lowest BCUT2D eigenvalue weighted by atomic mass is 10.0. The van der Waals surface area contributed by atoms with Crippen LogP contribution < -0.4 is 10.6 Å². The van der Waals surface area contributed by atoms with Crippen molar-refractivity contribution < 1.29 is 14.3 Å². The number of thiazole rings is 1. The van der Waals surface area contributed by atoms with Crippen molar-refractivity contribution in [3.05, 3.63) is 29.5 Å². The van der Waals surface area contributed by atoms with Gasteiger partial charge in [0.15, 0.2) is 5.82 Å². The molecule has 1 saturated carbocycles. The van der Waals surface area contributed by atoms with Crippen molar-refractivity contribution in [1.82, 2.24) is 29.8 Å². The molecule has 2 N–H and O–H groups in total. The van der Waals surface area contributed by atoms with Gasteiger partial charge < -0.3 is 20.3 Å². The number of aromatic nitrogens is 4. The van der Waals surface area contributed by atoms with E-state index in [1.54, 1.807) is 33.0 Å². The summed E-state index contributed by atoms with van der Waals surface area (Å²) in [5.74, 6) is 1.66. The zero-order chi connectivity index (χ0) is 22.9. The fraction of sp³-hybridized carbons (Fsp3) is 0.500. The number of methoxy groups -OCH3 is 1. The Morgan fingerprint density at radius 1 is 1.21 bits per heavy atom. The third kappa shape index (κ3) is 4.63. The second-order valence-corrected chi connectivity index (χ2v) is 9.54. The number of hydrogen-bond donors (Lipinski definition) is 2. The van der Waals surface area contributed by atoms with Gasteiger partial charge in [-0.3, -0.25) is 4.79 Å². The smallest absolute Gasteiger partial charge is 0.407 e. The number of likely N-dealkylation sites (tertiary alicyclic amines) is 1. The first-order valence-corrected chi connectivity index (χ1v) is 12.1. The Morgan fingerprint density at radius 3 is 2.73 bits per heavy atom. The third-order valence-electron chi connectivity index (χ3n) is 6.31. The lowest BCUT2D eigenvalue weighted by Gasteiger charge is -2.32. The van der Waals surface area contributed by atoms with Gasteiger partial charge in [0.25, 0.3) is 5.91 Å². The summed E-state index contributed by atoms with van der Waals surface area (Å²) >= 11 is 1.56. The average Bonchev–Trinajstić information content (AvgIpc) is 3.45. The van der Waals surface area contributed by atoms with Gasteiger partial charge in [-0.1, -0.05) is 0 Å². The number of hydrogen-bond acceptors (Lipinski definition) is 8. The molecular weight excluding hydrogens is 442 g/mol. The van der Waals surface area contributed by atoms with Crippen LogP contribution >= 0.6 is 11.3 Å². The van der Waals surface area contributed by atoms with Crippen LogP contribution in [-0.4, -0.2) is 68.8 Å². The van der Waals surface area contributed by atoms with E-state index >= 15 is 0 Å². The summed E-state index contributed by atoms with van der Waals surface area (Å²) < 4.78 is 6.46. The minimum atomic E-state index is -0.443. The monoisotopic (exact) mass is 469 g/mol. The topological polar surface area (TPSA) is 114 Å². The summed E-state index contributed by atoms with van der Waals surface area (Å²) in [6, 6.07) is 2.03. The zero-order valence-electron chi connectivity index (χ0n) is 18.7. The highest BCUT2D eigenvalue weighted by molar-refractivity contribution is 7.16. The van der Waals surface area contributed by atoms with Crippen LogP contribution in [0.2, 0.25) is 0 Å². The van der Waals surface area contributed by atoms with E-state index in [4.69, 9.17) is 4.98 Å². The fourth-order valence-electron chi connectivity index (χ4n) is 4.19. The molecule has 174 valence electrons. The van der Waals surface area contributed by atoms with Crippen molar-refractivity contribution in [2.45, 2.75) is 44.7 Å². The normalized spacial score (nSPS) is 17.7. The number of nitrogens with one attached hydrogen (secondary N) is 2. The highest BCUT2D eigenvalue weighted by Crippen LogP contribution is 2.34. The van der Waals surface area contributed by atoms with E-state index in [1.807, 2.05) is 11.6 Å². The summed E-state index contributed by atoms with van der Waals surface area (Å²) in [6.45, 7) is 3.23. The Balaban J connectivity index is 1.39. The number of anilines is 1. The van der Waals surface area contributed by atoms with E-state index in [1.165, 1.54) is 20.0 Å². The Labute approximate surface area is 195 Å². The van der Waals surface area contributed by atoms with Crippen LogP contribution in [0, 0.1) is 5.92 Å². The molecule has 5 rings (SSSR count). The van der Waals surface area contributed by atoms with Crippen molar-refractivity contribution in [2.24, 2.45) is 5.92 Å². The molecule has 2 amide bonds. The molecule has 0 spiro atoms. The van der Waals surface area contributed by atoms with E-state index in [9.17, 15) is 9.59 Å². The molecule has 1 aliphatic carbocycles. The summed E-state index contributed by atoms with van der Waals surface area (Å²) in [4.78, 5) is 37.0. The quantitative estimate of drug-likeness (QED) is 0.570. The van der Waals surface area contributed by atoms with Crippen LogP contribution in [0.15, 0.2) is 23.8 Å². The molecule has 0 aromatic carbocycles. The summed E-state index contributed by atoms with van der Waals surface area (Å²) in [7, 11) is 1.35. The van der Waals surface area contributed by atoms with Crippen molar-refractivity contribution in [3.8, 4) is 11.4 Å². The van der Waals surface area contributed by atoms with Crippen LogP contribution in [0.3, 0.4) is 0 Å². The molecule has 33 heavy (non-hydrogen) atoms. The van der Waals surface area contributed by atoms with Crippen molar-refractivity contribution in [3.63, 3.8) is 0 Å². The Bertz CT molecular complexity index is 1160. The number of fused-ring (bicyclic) bond motifs is 1. The maximum Gasteiger partial charge on any atom is 0.407 e. The Morgan fingerprint density at radius 2 is 2.00 bits per heavy atom. The number of nitrogens with zero attached hydrogens (tertiary/aromatic N) is 5. The van der Waals surface area contributed by atoms with Crippen molar-refractivity contribution in [2.75, 3.05) is 25.5 Å². The number of carbonyl (C=O) groups excluding carboxylic acids is 2. The summed E-state index contributed by atoms with van der Waals surface area (Å²) in [5, 5.41) is 12.6. The van der Waals surface area contributed by atoms with Gasteiger partial charge in [-0.15, -0.1) is 11.3 Å². The molecular formula is C22H27N7O3S. The highest BCUT2D eigenvalue weighted by Gasteiger charge is 2.30. The Hall–Kier alpha value is -3.21. The lowest BCUT2D eigenvalue weighted by Crippen LogP contribution is -2.46. The van der Waals surface area contributed by atoms with Crippen LogP contribution in [0.4, 0.5) is 10.6 Å². The highest BCUT2D eigenvalue weighted by atomic mass is 32.1. The van der Waals surface area contributed by atoms with Crippen LogP contribution in [0.1, 0.15) is 43.1 Å². The van der Waals surface area contributed by atoms with Crippen LogP contribution in [0.5, 0.6) is 0 Å². The fourth-order valence-corrected chi connectivity index (χ4v) is 4.99. The van der Waals surface area contributed by atoms with Gasteiger partial charge in [-0.05, 0) is 38.5 Å². The van der Waals surface area contributed by atoms with Gasteiger partial charge in [-0.25, -0.2) is 19.3 Å². The van der Waals surface area contributed by atoms with E-state index in [2.05, 4.69) is 32.4 Å². The second kappa shape index (κ2) is 8.97. The van der Waals surface area contributed by atoms with E-state index in [-0.39, 0.29) is 18.0 Å². The molecule has 11 heteroatoms. The molecule has 10 nitrogen and oxygen atoms in total. The number of alkyl carbamates (subject to hydrolysis) is 1. The minimum absolute atomic E-state index is 0.00129. The average molecular weight is 470 g/mol. The first-order chi connectivity index (χ1) is 16.0. The molecule has 0 bridgehead atoms. The van der Waals surface area contributed by atoms with Gasteiger partial charge in [0.1, 0.15) is 16.3 Å². The summed E-state index contributed by atoms with van der Waals surface area (Å²) in [6.07, 6.45) is 6.95.